The van der Waals surface area contributed by atoms with Gasteiger partial charge in [0.25, 0.3) is 0 Å². The molecule has 0 aliphatic carbocycles. The van der Waals surface area contributed by atoms with Crippen LogP contribution in [0.15, 0.2) is 48.5 Å². The van der Waals surface area contributed by atoms with Crippen LogP contribution in [-0.4, -0.2) is 56.6 Å². The van der Waals surface area contributed by atoms with E-state index in [4.69, 9.17) is 4.74 Å². The Kier molecular flexibility index (Phi) is 6.08. The minimum Gasteiger partial charge on any atom is -0.465 e. The van der Waals surface area contributed by atoms with Gasteiger partial charge in [0.05, 0.1) is 19.2 Å². The van der Waals surface area contributed by atoms with Crippen LogP contribution in [0.2, 0.25) is 0 Å². The fourth-order valence-electron chi connectivity index (χ4n) is 3.20. The van der Waals surface area contributed by atoms with E-state index in [1.807, 2.05) is 25.1 Å². The first-order valence-corrected chi connectivity index (χ1v) is 9.08. The van der Waals surface area contributed by atoms with Crippen molar-refractivity contribution in [2.24, 2.45) is 0 Å². The van der Waals surface area contributed by atoms with Gasteiger partial charge in [-0.15, -0.1) is 0 Å². The van der Waals surface area contributed by atoms with E-state index >= 15 is 0 Å². The predicted octanol–water partition coefficient (Wildman–Crippen LogP) is 2.54. The van der Waals surface area contributed by atoms with Crippen molar-refractivity contribution in [3.63, 3.8) is 0 Å². The summed E-state index contributed by atoms with van der Waals surface area (Å²) in [4.78, 5) is 28.6. The van der Waals surface area contributed by atoms with Crippen LogP contribution in [-0.2, 0) is 9.53 Å². The number of nitrogens with zero attached hydrogens (tertiary/aromatic N) is 2. The molecule has 0 spiro atoms. The van der Waals surface area contributed by atoms with E-state index in [0.29, 0.717) is 17.8 Å². The Morgan fingerprint density at radius 2 is 1.74 bits per heavy atom. The van der Waals surface area contributed by atoms with Gasteiger partial charge in [0.1, 0.15) is 0 Å². The first-order chi connectivity index (χ1) is 13.1. The van der Waals surface area contributed by atoms with E-state index in [9.17, 15) is 9.59 Å². The topological polar surface area (TPSA) is 61.9 Å². The summed E-state index contributed by atoms with van der Waals surface area (Å²) in [5.41, 5.74) is 3.20. The predicted molar refractivity (Wildman–Crippen MR) is 106 cm³/mol. The number of anilines is 2. The number of carbonyl (C=O) groups is 2. The zero-order chi connectivity index (χ0) is 19.2. The quantitative estimate of drug-likeness (QED) is 0.823. The van der Waals surface area contributed by atoms with Crippen molar-refractivity contribution in [2.75, 3.05) is 50.1 Å². The standard InChI is InChI=1S/C21H25N3O3/c1-16-8-9-17(21(26)27-2)14-19(16)22-20(25)15-23-10-12-24(13-11-23)18-6-4-3-5-7-18/h3-9,14H,10-13,15H2,1-2H3,(H,22,25). The van der Waals surface area contributed by atoms with Crippen LogP contribution in [0.25, 0.3) is 0 Å². The van der Waals surface area contributed by atoms with Gasteiger partial charge in [-0.3, -0.25) is 9.69 Å². The Balaban J connectivity index is 1.54. The van der Waals surface area contributed by atoms with E-state index in [0.717, 1.165) is 31.7 Å². The summed E-state index contributed by atoms with van der Waals surface area (Å²) in [6.07, 6.45) is 0. The second-order valence-electron chi connectivity index (χ2n) is 6.67. The molecule has 2 aromatic carbocycles. The smallest absolute Gasteiger partial charge is 0.337 e. The van der Waals surface area contributed by atoms with Gasteiger partial charge < -0.3 is 15.0 Å². The molecule has 1 heterocycles. The fourth-order valence-corrected chi connectivity index (χ4v) is 3.20. The summed E-state index contributed by atoms with van der Waals surface area (Å²) in [7, 11) is 1.34. The third-order valence-corrected chi connectivity index (χ3v) is 4.79. The average molecular weight is 367 g/mol. The van der Waals surface area contributed by atoms with Crippen LogP contribution in [0.5, 0.6) is 0 Å². The molecule has 1 N–H and O–H groups in total. The van der Waals surface area contributed by atoms with E-state index in [-0.39, 0.29) is 5.91 Å². The lowest BCUT2D eigenvalue weighted by Crippen LogP contribution is -2.48. The van der Waals surface area contributed by atoms with Gasteiger partial charge in [0.2, 0.25) is 5.91 Å². The van der Waals surface area contributed by atoms with Crippen molar-refractivity contribution in [3.8, 4) is 0 Å². The number of esters is 1. The van der Waals surface area contributed by atoms with Crippen LogP contribution in [0.3, 0.4) is 0 Å². The summed E-state index contributed by atoms with van der Waals surface area (Å²) in [6, 6.07) is 15.5. The molecule has 1 fully saturated rings. The fraction of sp³-hybridized carbons (Fsp3) is 0.333. The number of nitrogens with one attached hydrogen (secondary N) is 1. The van der Waals surface area contributed by atoms with Crippen LogP contribution in [0.1, 0.15) is 15.9 Å². The molecular weight excluding hydrogens is 342 g/mol. The Morgan fingerprint density at radius 1 is 1.04 bits per heavy atom. The molecule has 0 unspecified atom stereocenters. The number of piperazine rings is 1. The molecule has 1 saturated heterocycles. The number of aryl methyl sites for hydroxylation is 1. The highest BCUT2D eigenvalue weighted by Crippen LogP contribution is 2.18. The zero-order valence-corrected chi connectivity index (χ0v) is 15.8. The van der Waals surface area contributed by atoms with Crippen LogP contribution in [0, 0.1) is 6.92 Å². The van der Waals surface area contributed by atoms with Gasteiger partial charge in [-0.25, -0.2) is 4.79 Å². The van der Waals surface area contributed by atoms with Crippen molar-refractivity contribution in [3.05, 3.63) is 59.7 Å². The molecular formula is C21H25N3O3. The highest BCUT2D eigenvalue weighted by Gasteiger charge is 2.19. The first-order valence-electron chi connectivity index (χ1n) is 9.08. The molecule has 3 rings (SSSR count). The molecule has 1 aliphatic heterocycles. The Hall–Kier alpha value is -2.86. The van der Waals surface area contributed by atoms with Gasteiger partial charge in [-0.05, 0) is 36.8 Å². The molecule has 0 atom stereocenters. The maximum atomic E-state index is 12.5. The molecule has 6 heteroatoms. The van der Waals surface area contributed by atoms with E-state index in [2.05, 4.69) is 27.2 Å². The normalized spacial score (nSPS) is 14.7. The second-order valence-corrected chi connectivity index (χ2v) is 6.67. The van der Waals surface area contributed by atoms with E-state index < -0.39 is 5.97 Å². The molecule has 142 valence electrons. The van der Waals surface area contributed by atoms with Gasteiger partial charge in [0.15, 0.2) is 0 Å². The van der Waals surface area contributed by atoms with Crippen molar-refractivity contribution < 1.29 is 14.3 Å². The number of carbonyl (C=O) groups excluding carboxylic acids is 2. The summed E-state index contributed by atoms with van der Waals surface area (Å²) in [5, 5.41) is 2.92. The molecule has 0 bridgehead atoms. The number of hydrogen-bond donors (Lipinski definition) is 1. The number of hydrogen-bond acceptors (Lipinski definition) is 5. The third kappa shape index (κ3) is 4.86. The van der Waals surface area contributed by atoms with Gasteiger partial charge in [0, 0.05) is 37.6 Å². The molecule has 0 radical (unpaired) electrons. The average Bonchev–Trinajstić information content (AvgIpc) is 2.70. The maximum Gasteiger partial charge on any atom is 0.337 e. The third-order valence-electron chi connectivity index (χ3n) is 4.79. The molecule has 0 saturated carbocycles. The summed E-state index contributed by atoms with van der Waals surface area (Å²) in [6.45, 7) is 5.70. The summed E-state index contributed by atoms with van der Waals surface area (Å²) >= 11 is 0. The Labute approximate surface area is 159 Å². The minimum absolute atomic E-state index is 0.0757. The van der Waals surface area contributed by atoms with E-state index in [1.54, 1.807) is 18.2 Å². The lowest BCUT2D eigenvalue weighted by molar-refractivity contribution is -0.117. The minimum atomic E-state index is -0.414. The van der Waals surface area contributed by atoms with E-state index in [1.165, 1.54) is 12.8 Å². The Morgan fingerprint density at radius 3 is 2.41 bits per heavy atom. The number of rotatable bonds is 5. The summed E-state index contributed by atoms with van der Waals surface area (Å²) < 4.78 is 4.74. The first kappa shape index (κ1) is 18.9. The number of ether oxygens (including phenoxy) is 1. The molecule has 1 amide bonds. The largest absolute Gasteiger partial charge is 0.465 e. The molecule has 0 aromatic heterocycles. The second kappa shape index (κ2) is 8.68. The number of amides is 1. The highest BCUT2D eigenvalue weighted by molar-refractivity contribution is 5.96. The molecule has 6 nitrogen and oxygen atoms in total. The number of methoxy groups -OCH3 is 1. The van der Waals surface area contributed by atoms with Gasteiger partial charge in [-0.2, -0.15) is 0 Å². The SMILES string of the molecule is COC(=O)c1ccc(C)c(NC(=O)CN2CCN(c3ccccc3)CC2)c1. The van der Waals surface area contributed by atoms with Crippen molar-refractivity contribution in [2.45, 2.75) is 6.92 Å². The monoisotopic (exact) mass is 367 g/mol. The lowest BCUT2D eigenvalue weighted by Gasteiger charge is -2.35. The molecule has 1 aliphatic rings. The van der Waals surface area contributed by atoms with Crippen molar-refractivity contribution >= 4 is 23.3 Å². The maximum absolute atomic E-state index is 12.5. The van der Waals surface area contributed by atoms with Crippen molar-refractivity contribution in [1.29, 1.82) is 0 Å². The van der Waals surface area contributed by atoms with Crippen LogP contribution < -0.4 is 10.2 Å². The number of para-hydroxylation sites is 1. The molecule has 27 heavy (non-hydrogen) atoms. The van der Waals surface area contributed by atoms with Crippen LogP contribution in [0.4, 0.5) is 11.4 Å². The number of benzene rings is 2. The lowest BCUT2D eigenvalue weighted by atomic mass is 10.1. The summed E-state index contributed by atoms with van der Waals surface area (Å²) in [5.74, 6) is -0.490. The van der Waals surface area contributed by atoms with Gasteiger partial charge in [-0.1, -0.05) is 24.3 Å². The van der Waals surface area contributed by atoms with Gasteiger partial charge >= 0.3 is 5.97 Å². The zero-order valence-electron chi connectivity index (χ0n) is 15.8. The van der Waals surface area contributed by atoms with Crippen LogP contribution >= 0.6 is 0 Å². The van der Waals surface area contributed by atoms with Crippen molar-refractivity contribution in [1.82, 2.24) is 4.90 Å². The highest BCUT2D eigenvalue weighted by atomic mass is 16.5. The Bertz CT molecular complexity index is 800. The molecule has 2 aromatic rings.